The van der Waals surface area contributed by atoms with Gasteiger partial charge in [0.2, 0.25) is 0 Å². The van der Waals surface area contributed by atoms with Gasteiger partial charge in [-0.15, -0.1) is 0 Å². The number of hydrogen-bond donors (Lipinski definition) is 1. The zero-order valence-electron chi connectivity index (χ0n) is 28.5. The Hall–Kier alpha value is -1.58. The number of rotatable bonds is 31. The normalized spacial score (nSPS) is 11.2. The van der Waals surface area contributed by atoms with Crippen molar-refractivity contribution >= 4 is 11.9 Å². The van der Waals surface area contributed by atoms with Crippen LogP contribution in [0.5, 0.6) is 0 Å². The van der Waals surface area contributed by atoms with Crippen molar-refractivity contribution in [2.75, 3.05) is 6.61 Å². The van der Waals surface area contributed by atoms with Crippen LogP contribution in [0.3, 0.4) is 0 Å². The van der Waals surface area contributed by atoms with Crippen LogP contribution in [0.15, 0.2) is 24.3 Å². The average Bonchev–Trinajstić information content (AvgIpc) is 2.97. The molecular weight excluding hydrogens is 520 g/mol. The van der Waals surface area contributed by atoms with Gasteiger partial charge in [0.15, 0.2) is 0 Å². The van der Waals surface area contributed by atoms with Gasteiger partial charge in [0.05, 0.1) is 6.61 Å². The molecule has 0 amide bonds. The molecule has 0 spiro atoms. The van der Waals surface area contributed by atoms with E-state index in [9.17, 15) is 9.59 Å². The summed E-state index contributed by atoms with van der Waals surface area (Å²) in [7, 11) is 0. The molecule has 4 heteroatoms. The fraction of sp³-hybridized carbons (Fsp3) is 0.842. The second-order valence-corrected chi connectivity index (χ2v) is 11.9. The summed E-state index contributed by atoms with van der Waals surface area (Å²) in [6, 6.07) is 0. The molecule has 0 aromatic carbocycles. The minimum atomic E-state index is -0.664. The summed E-state index contributed by atoms with van der Waals surface area (Å²) in [5.74, 6) is -0.706. The summed E-state index contributed by atoms with van der Waals surface area (Å²) in [5.41, 5.74) is 0. The third-order valence-corrected chi connectivity index (χ3v) is 7.60. The molecule has 1 N–H and O–H groups in total. The minimum Gasteiger partial charge on any atom is -0.481 e. The number of unbranched alkanes of at least 4 members (excludes halogenated alkanes) is 22. The Morgan fingerprint density at radius 2 is 0.762 bits per heavy atom. The maximum absolute atomic E-state index is 11.1. The summed E-state index contributed by atoms with van der Waals surface area (Å²) in [6.07, 6.45) is 43.3. The van der Waals surface area contributed by atoms with Gasteiger partial charge in [-0.25, -0.2) is 0 Å². The van der Waals surface area contributed by atoms with Crippen molar-refractivity contribution in [1.82, 2.24) is 0 Å². The van der Waals surface area contributed by atoms with E-state index in [-0.39, 0.29) is 5.97 Å². The van der Waals surface area contributed by atoms with Crippen LogP contribution >= 0.6 is 0 Å². The predicted octanol–water partition coefficient (Wildman–Crippen LogP) is 12.7. The molecule has 0 fully saturated rings. The van der Waals surface area contributed by atoms with Crippen molar-refractivity contribution in [3.63, 3.8) is 0 Å². The van der Waals surface area contributed by atoms with Gasteiger partial charge in [-0.2, -0.15) is 0 Å². The fourth-order valence-electron chi connectivity index (χ4n) is 4.92. The first kappa shape index (κ1) is 42.6. The van der Waals surface area contributed by atoms with Crippen LogP contribution in [0.2, 0.25) is 0 Å². The summed E-state index contributed by atoms with van der Waals surface area (Å²) < 4.78 is 4.91. The van der Waals surface area contributed by atoms with Crippen LogP contribution in [0, 0.1) is 0 Å². The van der Waals surface area contributed by atoms with Crippen LogP contribution in [0.4, 0.5) is 0 Å². The van der Waals surface area contributed by atoms with Crippen molar-refractivity contribution in [2.24, 2.45) is 0 Å². The third-order valence-electron chi connectivity index (χ3n) is 7.60. The summed E-state index contributed by atoms with van der Waals surface area (Å²) in [6.45, 7) is 6.89. The van der Waals surface area contributed by atoms with E-state index in [0.717, 1.165) is 25.7 Å². The smallest absolute Gasteiger partial charge is 0.305 e. The fourth-order valence-corrected chi connectivity index (χ4v) is 4.92. The third kappa shape index (κ3) is 42.9. The second-order valence-electron chi connectivity index (χ2n) is 11.9. The van der Waals surface area contributed by atoms with Crippen LogP contribution < -0.4 is 0 Å². The Bertz CT molecular complexity index is 596. The van der Waals surface area contributed by atoms with E-state index in [1.807, 2.05) is 6.92 Å². The Kier molecular flexibility index (Phi) is 39.9. The van der Waals surface area contributed by atoms with Gasteiger partial charge in [-0.1, -0.05) is 141 Å². The largest absolute Gasteiger partial charge is 0.481 e. The highest BCUT2D eigenvalue weighted by Gasteiger charge is 2.00. The lowest BCUT2D eigenvalue weighted by Gasteiger charge is -2.01. The van der Waals surface area contributed by atoms with Gasteiger partial charge < -0.3 is 9.84 Å². The standard InChI is InChI=1S/C20H38O2.C18H34O2/c1-3-5-6-7-8-9-10-11-12-13-14-15-16-17-18-19-20(21)22-4-2;1-2-3-4-5-6-7-8-9-10-11-12-13-14-15-16-17-18(19)20/h11-12H,3-10,13-19H2,1-2H3;9-10H,2-8,11-17H2,1H3,(H,19,20). The predicted molar refractivity (Wildman–Crippen MR) is 183 cm³/mol. The lowest BCUT2D eigenvalue weighted by atomic mass is 10.1. The molecule has 0 unspecified atom stereocenters. The number of carbonyl (C=O) groups is 2. The number of aliphatic carboxylic acids is 1. The summed E-state index contributed by atoms with van der Waals surface area (Å²) in [5, 5.41) is 8.51. The molecule has 0 rings (SSSR count). The molecule has 4 nitrogen and oxygen atoms in total. The molecule has 0 radical (unpaired) electrons. The average molecular weight is 593 g/mol. The zero-order chi connectivity index (χ0) is 31.2. The van der Waals surface area contributed by atoms with Crippen LogP contribution in [-0.4, -0.2) is 23.7 Å². The lowest BCUT2D eigenvalue weighted by Crippen LogP contribution is -2.03. The first-order valence-electron chi connectivity index (χ1n) is 18.3. The summed E-state index contributed by atoms with van der Waals surface area (Å²) >= 11 is 0. The molecule has 0 aliphatic carbocycles. The molecule has 0 bridgehead atoms. The monoisotopic (exact) mass is 593 g/mol. The van der Waals surface area contributed by atoms with Gasteiger partial charge in [-0.3, -0.25) is 9.59 Å². The highest BCUT2D eigenvalue weighted by molar-refractivity contribution is 5.69. The molecule has 0 aliphatic heterocycles. The van der Waals surface area contributed by atoms with E-state index >= 15 is 0 Å². The van der Waals surface area contributed by atoms with Crippen molar-refractivity contribution in [3.8, 4) is 0 Å². The zero-order valence-corrected chi connectivity index (χ0v) is 28.5. The highest BCUT2D eigenvalue weighted by Crippen LogP contribution is 2.11. The molecule has 0 aliphatic rings. The van der Waals surface area contributed by atoms with Crippen molar-refractivity contribution in [3.05, 3.63) is 24.3 Å². The van der Waals surface area contributed by atoms with Gasteiger partial charge in [0.25, 0.3) is 0 Å². The number of allylic oxidation sites excluding steroid dienone is 4. The number of carboxylic acid groups (broad SMARTS) is 1. The number of esters is 1. The Labute approximate surface area is 262 Å². The molecule has 0 heterocycles. The van der Waals surface area contributed by atoms with Crippen LogP contribution in [0.1, 0.15) is 201 Å². The molecule has 0 saturated heterocycles. The van der Waals surface area contributed by atoms with Crippen LogP contribution in [-0.2, 0) is 14.3 Å². The number of hydrogen-bond acceptors (Lipinski definition) is 3. The van der Waals surface area contributed by atoms with E-state index in [4.69, 9.17) is 9.84 Å². The van der Waals surface area contributed by atoms with Crippen molar-refractivity contribution in [2.45, 2.75) is 201 Å². The van der Waals surface area contributed by atoms with Gasteiger partial charge in [0, 0.05) is 12.8 Å². The topological polar surface area (TPSA) is 63.6 Å². The minimum absolute atomic E-state index is 0.0415. The lowest BCUT2D eigenvalue weighted by molar-refractivity contribution is -0.143. The molecule has 0 saturated carbocycles. The Morgan fingerprint density at radius 3 is 1.10 bits per heavy atom. The number of carbonyl (C=O) groups excluding carboxylic acids is 1. The van der Waals surface area contributed by atoms with E-state index in [0.29, 0.717) is 19.4 Å². The molecule has 0 aromatic rings. The molecule has 0 atom stereocenters. The highest BCUT2D eigenvalue weighted by atomic mass is 16.5. The maximum atomic E-state index is 11.1. The SMILES string of the molecule is CCCCCCCCC=CCCCCCCCC(=O)O.CCCCCCCCC=CCCCCCCCC(=O)OCC. The quantitative estimate of drug-likeness (QED) is 0.0494. The Morgan fingerprint density at radius 1 is 0.452 bits per heavy atom. The Balaban J connectivity index is 0. The molecule has 42 heavy (non-hydrogen) atoms. The van der Waals surface area contributed by atoms with Crippen LogP contribution in [0.25, 0.3) is 0 Å². The van der Waals surface area contributed by atoms with Crippen molar-refractivity contribution < 1.29 is 19.4 Å². The molecule has 248 valence electrons. The molecule has 0 aromatic heterocycles. The number of carboxylic acids is 1. The van der Waals surface area contributed by atoms with E-state index in [1.165, 1.54) is 141 Å². The first-order chi connectivity index (χ1) is 20.6. The molecular formula is C38H72O4. The van der Waals surface area contributed by atoms with E-state index < -0.39 is 5.97 Å². The number of ether oxygens (including phenoxy) is 1. The van der Waals surface area contributed by atoms with E-state index in [1.54, 1.807) is 0 Å². The first-order valence-corrected chi connectivity index (χ1v) is 18.3. The van der Waals surface area contributed by atoms with Gasteiger partial charge >= 0.3 is 11.9 Å². The van der Waals surface area contributed by atoms with E-state index in [2.05, 4.69) is 38.2 Å². The summed E-state index contributed by atoms with van der Waals surface area (Å²) in [4.78, 5) is 21.5. The van der Waals surface area contributed by atoms with Gasteiger partial charge in [-0.05, 0) is 71.1 Å². The maximum Gasteiger partial charge on any atom is 0.305 e. The van der Waals surface area contributed by atoms with Crippen molar-refractivity contribution in [1.29, 1.82) is 0 Å². The van der Waals surface area contributed by atoms with Gasteiger partial charge in [0.1, 0.15) is 0 Å². The second kappa shape index (κ2) is 39.4.